The predicted octanol–water partition coefficient (Wildman–Crippen LogP) is 5.26. The van der Waals surface area contributed by atoms with Crippen LogP contribution in [0.4, 0.5) is 4.79 Å². The van der Waals surface area contributed by atoms with E-state index in [0.717, 1.165) is 37.7 Å². The van der Waals surface area contributed by atoms with Crippen LogP contribution in [-0.4, -0.2) is 61.1 Å². The highest BCUT2D eigenvalue weighted by atomic mass is 35.5. The van der Waals surface area contributed by atoms with Gasteiger partial charge in [-0.15, -0.1) is 11.3 Å². The topological polar surface area (TPSA) is 61.9 Å². The van der Waals surface area contributed by atoms with Crippen molar-refractivity contribution in [2.45, 2.75) is 57.0 Å². The third-order valence-corrected chi connectivity index (χ3v) is 8.04. The van der Waals surface area contributed by atoms with Crippen molar-refractivity contribution in [1.82, 2.24) is 15.1 Å². The summed E-state index contributed by atoms with van der Waals surface area (Å²) >= 11 is 7.87. The van der Waals surface area contributed by atoms with Crippen LogP contribution >= 0.6 is 22.9 Å². The number of nitrogens with one attached hydrogen (secondary N) is 1. The maximum Gasteiger partial charge on any atom is 0.318 e. The Hall–Kier alpha value is -2.09. The van der Waals surface area contributed by atoms with Crippen LogP contribution < -0.4 is 5.32 Å². The summed E-state index contributed by atoms with van der Waals surface area (Å²) in [6, 6.07) is 9.73. The number of thiophene rings is 1. The number of methoxy groups -OCH3 is 1. The molecule has 1 fully saturated rings. The van der Waals surface area contributed by atoms with Gasteiger partial charge in [0.1, 0.15) is 6.54 Å². The molecular formula is C26H34ClN3O3S. The zero-order chi connectivity index (χ0) is 23.9. The van der Waals surface area contributed by atoms with Crippen LogP contribution in [0.25, 0.3) is 0 Å². The Morgan fingerprint density at radius 1 is 1.18 bits per heavy atom. The lowest BCUT2D eigenvalue weighted by Gasteiger charge is -2.38. The number of ether oxygens (including phenoxy) is 1. The summed E-state index contributed by atoms with van der Waals surface area (Å²) in [5.41, 5.74) is 2.21. The first-order chi connectivity index (χ1) is 16.6. The van der Waals surface area contributed by atoms with E-state index < -0.39 is 0 Å². The Bertz CT molecular complexity index is 958. The Morgan fingerprint density at radius 3 is 2.68 bits per heavy atom. The van der Waals surface area contributed by atoms with Crippen molar-refractivity contribution in [3.8, 4) is 0 Å². The third kappa shape index (κ3) is 6.12. The molecule has 1 N–H and O–H groups in total. The van der Waals surface area contributed by atoms with Crippen LogP contribution in [0, 0.1) is 0 Å². The molecule has 1 aliphatic carbocycles. The minimum atomic E-state index is -0.165. The number of carbonyl (C=O) groups excluding carboxylic acids is 2. The molecule has 4 rings (SSSR count). The van der Waals surface area contributed by atoms with Crippen molar-refractivity contribution in [3.63, 3.8) is 0 Å². The molecule has 1 atom stereocenters. The fraction of sp³-hybridized carbons (Fsp3) is 0.538. The van der Waals surface area contributed by atoms with Crippen molar-refractivity contribution < 1.29 is 14.3 Å². The van der Waals surface area contributed by atoms with Gasteiger partial charge in [0, 0.05) is 42.7 Å². The van der Waals surface area contributed by atoms with Crippen molar-refractivity contribution in [3.05, 3.63) is 56.7 Å². The molecule has 0 saturated heterocycles. The smallest absolute Gasteiger partial charge is 0.318 e. The van der Waals surface area contributed by atoms with E-state index in [1.165, 1.54) is 16.9 Å². The number of fused-ring (bicyclic) bond motifs is 1. The number of nitrogens with zero attached hydrogens (tertiary/aromatic N) is 2. The molecule has 2 heterocycles. The van der Waals surface area contributed by atoms with E-state index in [4.69, 9.17) is 16.3 Å². The number of hydrogen-bond acceptors (Lipinski definition) is 4. The zero-order valence-corrected chi connectivity index (χ0v) is 21.4. The first kappa shape index (κ1) is 25.0. The molecule has 1 saturated carbocycles. The fourth-order valence-corrected chi connectivity index (χ4v) is 6.04. The lowest BCUT2D eigenvalue weighted by Crippen LogP contribution is -2.51. The maximum atomic E-state index is 13.7. The van der Waals surface area contributed by atoms with Gasteiger partial charge in [0.05, 0.1) is 6.04 Å². The number of benzene rings is 1. The van der Waals surface area contributed by atoms with Gasteiger partial charge in [-0.05, 0) is 60.4 Å². The normalized spacial score (nSPS) is 18.4. The summed E-state index contributed by atoms with van der Waals surface area (Å²) in [6.07, 6.45) is 7.07. The monoisotopic (exact) mass is 503 g/mol. The minimum Gasteiger partial charge on any atom is -0.385 e. The van der Waals surface area contributed by atoms with Gasteiger partial charge in [-0.25, -0.2) is 4.79 Å². The summed E-state index contributed by atoms with van der Waals surface area (Å²) in [6.45, 7) is 1.74. The molecule has 2 aromatic rings. The van der Waals surface area contributed by atoms with Crippen LogP contribution in [0.1, 0.15) is 60.6 Å². The van der Waals surface area contributed by atoms with Gasteiger partial charge in [0.25, 0.3) is 0 Å². The second kappa shape index (κ2) is 12.0. The van der Waals surface area contributed by atoms with E-state index >= 15 is 0 Å². The number of rotatable bonds is 8. The highest BCUT2D eigenvalue weighted by Gasteiger charge is 2.34. The van der Waals surface area contributed by atoms with Crippen LogP contribution in [0.3, 0.4) is 0 Å². The third-order valence-electron chi connectivity index (χ3n) is 6.79. The first-order valence-electron chi connectivity index (χ1n) is 12.2. The number of hydrogen-bond donors (Lipinski definition) is 1. The lowest BCUT2D eigenvalue weighted by molar-refractivity contribution is -0.134. The average Bonchev–Trinajstić information content (AvgIpc) is 3.33. The van der Waals surface area contributed by atoms with Crippen LogP contribution in [0.5, 0.6) is 0 Å². The molecule has 184 valence electrons. The van der Waals surface area contributed by atoms with Gasteiger partial charge in [0.2, 0.25) is 5.91 Å². The Labute approximate surface area is 211 Å². The fourth-order valence-electron chi connectivity index (χ4n) is 5.01. The highest BCUT2D eigenvalue weighted by Crippen LogP contribution is 2.38. The average molecular weight is 504 g/mol. The molecule has 2 aliphatic rings. The maximum absolute atomic E-state index is 13.7. The quantitative estimate of drug-likeness (QED) is 0.500. The Morgan fingerprint density at radius 2 is 1.94 bits per heavy atom. The van der Waals surface area contributed by atoms with Gasteiger partial charge in [0.15, 0.2) is 0 Å². The minimum absolute atomic E-state index is 0.0342. The van der Waals surface area contributed by atoms with Crippen LogP contribution in [0.2, 0.25) is 5.02 Å². The number of urea groups is 1. The zero-order valence-electron chi connectivity index (χ0n) is 19.8. The lowest BCUT2D eigenvalue weighted by atomic mass is 9.93. The van der Waals surface area contributed by atoms with Gasteiger partial charge in [-0.1, -0.05) is 43.0 Å². The molecule has 0 bridgehead atoms. The van der Waals surface area contributed by atoms with E-state index in [0.29, 0.717) is 31.1 Å². The van der Waals surface area contributed by atoms with Crippen molar-refractivity contribution in [1.29, 1.82) is 0 Å². The Balaban J connectivity index is 1.51. The molecule has 0 unspecified atom stereocenters. The van der Waals surface area contributed by atoms with E-state index in [-0.39, 0.29) is 30.6 Å². The first-order valence-corrected chi connectivity index (χ1v) is 13.5. The summed E-state index contributed by atoms with van der Waals surface area (Å²) in [4.78, 5) is 31.7. The highest BCUT2D eigenvalue weighted by molar-refractivity contribution is 7.10. The molecule has 3 amide bonds. The molecule has 1 aromatic heterocycles. The van der Waals surface area contributed by atoms with Crippen molar-refractivity contribution in [2.24, 2.45) is 0 Å². The van der Waals surface area contributed by atoms with Gasteiger partial charge in [-0.2, -0.15) is 0 Å². The molecule has 1 aromatic carbocycles. The molecule has 0 radical (unpaired) electrons. The molecule has 6 nitrogen and oxygen atoms in total. The van der Waals surface area contributed by atoms with E-state index in [2.05, 4.69) is 16.8 Å². The van der Waals surface area contributed by atoms with E-state index in [9.17, 15) is 9.59 Å². The second-order valence-corrected chi connectivity index (χ2v) is 10.6. The largest absolute Gasteiger partial charge is 0.385 e. The molecule has 1 aliphatic heterocycles. The number of halogens is 1. The van der Waals surface area contributed by atoms with Gasteiger partial charge in [-0.3, -0.25) is 4.79 Å². The Kier molecular flexibility index (Phi) is 8.86. The van der Waals surface area contributed by atoms with Crippen molar-refractivity contribution in [2.75, 3.05) is 33.4 Å². The standard InChI is InChI=1S/C26H34ClN3O3S/c1-33-16-5-14-29(26(32)28-21-6-3-2-4-7-21)18-24(31)30-15-12-23-22(13-17-34-23)25(30)19-8-10-20(27)11-9-19/h8-11,13,17,21,25H,2-7,12,14-16,18H2,1H3,(H,28,32)/t25-/m0/s1. The van der Waals surface area contributed by atoms with Crippen molar-refractivity contribution >= 4 is 34.9 Å². The van der Waals surface area contributed by atoms with Gasteiger partial charge < -0.3 is 19.9 Å². The summed E-state index contributed by atoms with van der Waals surface area (Å²) in [7, 11) is 1.65. The molecule has 8 heteroatoms. The molecule has 0 spiro atoms. The van der Waals surface area contributed by atoms with Crippen LogP contribution in [-0.2, 0) is 16.0 Å². The summed E-state index contributed by atoms with van der Waals surface area (Å²) in [5.74, 6) is -0.0342. The van der Waals surface area contributed by atoms with Crippen LogP contribution in [0.15, 0.2) is 35.7 Å². The van der Waals surface area contributed by atoms with E-state index in [1.54, 1.807) is 23.3 Å². The summed E-state index contributed by atoms with van der Waals surface area (Å²) in [5, 5.41) is 5.94. The van der Waals surface area contributed by atoms with Gasteiger partial charge >= 0.3 is 6.03 Å². The number of carbonyl (C=O) groups is 2. The number of amides is 3. The second-order valence-electron chi connectivity index (χ2n) is 9.14. The SMILES string of the molecule is COCCCN(CC(=O)N1CCc2sccc2[C@@H]1c1ccc(Cl)cc1)C(=O)NC1CCCCC1. The predicted molar refractivity (Wildman–Crippen MR) is 137 cm³/mol. The van der Waals surface area contributed by atoms with E-state index in [1.807, 2.05) is 29.2 Å². The molecule has 34 heavy (non-hydrogen) atoms. The molecular weight excluding hydrogens is 470 g/mol. The summed E-state index contributed by atoms with van der Waals surface area (Å²) < 4.78 is 5.19.